The minimum atomic E-state index is -0.602. The number of carbonyl (C=O) groups excluding carboxylic acids is 1. The number of ether oxygens (including phenoxy) is 2. The molecule has 140 valence electrons. The number of rotatable bonds is 11. The summed E-state index contributed by atoms with van der Waals surface area (Å²) >= 11 is 0. The molecule has 0 bridgehead atoms. The number of benzene rings is 1. The fraction of sp³-hybridized carbons (Fsp3) is 0.682. The van der Waals surface area contributed by atoms with Crippen molar-refractivity contribution in [2.75, 3.05) is 13.2 Å². The Kier molecular flexibility index (Phi) is 8.63. The molecule has 1 aliphatic rings. The predicted octanol–water partition coefficient (Wildman–Crippen LogP) is 5.71. The minimum Gasteiger partial charge on any atom is -0.377 e. The Bertz CT molecular complexity index is 518. The summed E-state index contributed by atoms with van der Waals surface area (Å²) in [5, 5.41) is 0. The van der Waals surface area contributed by atoms with E-state index in [1.807, 2.05) is 24.3 Å². The van der Waals surface area contributed by atoms with Crippen molar-refractivity contribution in [3.63, 3.8) is 0 Å². The van der Waals surface area contributed by atoms with Crippen molar-refractivity contribution in [1.29, 1.82) is 0 Å². The SMILES string of the molecule is CCCCOCc1cccc(C(=O)C2(OCCCC)CCCCC2)c1. The fourth-order valence-electron chi connectivity index (χ4n) is 3.47. The second-order valence-electron chi connectivity index (χ2n) is 7.19. The first kappa shape index (κ1) is 20.1. The van der Waals surface area contributed by atoms with Crippen molar-refractivity contribution >= 4 is 5.78 Å². The normalized spacial score (nSPS) is 16.7. The zero-order valence-corrected chi connectivity index (χ0v) is 16.0. The second-order valence-corrected chi connectivity index (χ2v) is 7.19. The summed E-state index contributed by atoms with van der Waals surface area (Å²) in [6.45, 7) is 6.34. The zero-order valence-electron chi connectivity index (χ0n) is 16.0. The Morgan fingerprint density at radius 1 is 1.04 bits per heavy atom. The van der Waals surface area contributed by atoms with Gasteiger partial charge < -0.3 is 9.47 Å². The Labute approximate surface area is 153 Å². The van der Waals surface area contributed by atoms with E-state index in [-0.39, 0.29) is 5.78 Å². The molecule has 1 aliphatic carbocycles. The molecule has 0 aromatic heterocycles. The molecule has 0 N–H and O–H groups in total. The van der Waals surface area contributed by atoms with Crippen LogP contribution in [0.5, 0.6) is 0 Å². The summed E-state index contributed by atoms with van der Waals surface area (Å²) in [6, 6.07) is 7.92. The smallest absolute Gasteiger partial charge is 0.194 e. The van der Waals surface area contributed by atoms with Crippen LogP contribution in [0, 0.1) is 0 Å². The molecule has 25 heavy (non-hydrogen) atoms. The first-order valence-electron chi connectivity index (χ1n) is 10.1. The van der Waals surface area contributed by atoms with Gasteiger partial charge in [0.15, 0.2) is 5.78 Å². The molecule has 0 spiro atoms. The Balaban J connectivity index is 2.07. The summed E-state index contributed by atoms with van der Waals surface area (Å²) in [6.07, 6.45) is 9.39. The molecule has 3 heteroatoms. The summed E-state index contributed by atoms with van der Waals surface area (Å²) in [5.74, 6) is 0.165. The van der Waals surface area contributed by atoms with Crippen LogP contribution in [0.3, 0.4) is 0 Å². The summed E-state index contributed by atoms with van der Waals surface area (Å²) < 4.78 is 11.9. The standard InChI is InChI=1S/C22H34O3/c1-3-5-15-24-18-19-11-10-12-20(17-19)21(23)22(25-16-6-4-2)13-8-7-9-14-22/h10-12,17H,3-9,13-16,18H2,1-2H3. The molecule has 1 aromatic carbocycles. The molecule has 0 atom stereocenters. The number of carbonyl (C=O) groups is 1. The molecule has 3 nitrogen and oxygen atoms in total. The fourth-order valence-corrected chi connectivity index (χ4v) is 3.47. The van der Waals surface area contributed by atoms with Crippen LogP contribution >= 0.6 is 0 Å². The largest absolute Gasteiger partial charge is 0.377 e. The maximum absolute atomic E-state index is 13.3. The van der Waals surface area contributed by atoms with E-state index in [9.17, 15) is 4.79 Å². The molecule has 0 saturated heterocycles. The van der Waals surface area contributed by atoms with Crippen LogP contribution in [-0.4, -0.2) is 24.6 Å². The van der Waals surface area contributed by atoms with Crippen molar-refractivity contribution in [2.45, 2.75) is 83.8 Å². The Morgan fingerprint density at radius 2 is 1.76 bits per heavy atom. The number of hydrogen-bond donors (Lipinski definition) is 0. The molecule has 0 aliphatic heterocycles. The Hall–Kier alpha value is -1.19. The van der Waals surface area contributed by atoms with E-state index in [1.54, 1.807) is 0 Å². The van der Waals surface area contributed by atoms with Crippen molar-refractivity contribution in [1.82, 2.24) is 0 Å². The maximum Gasteiger partial charge on any atom is 0.194 e. The van der Waals surface area contributed by atoms with E-state index < -0.39 is 5.60 Å². The van der Waals surface area contributed by atoms with Crippen LogP contribution in [-0.2, 0) is 16.1 Å². The second kappa shape index (κ2) is 10.7. The third-order valence-corrected chi connectivity index (χ3v) is 5.05. The van der Waals surface area contributed by atoms with Crippen LogP contribution < -0.4 is 0 Å². The van der Waals surface area contributed by atoms with Crippen molar-refractivity contribution in [3.05, 3.63) is 35.4 Å². The van der Waals surface area contributed by atoms with Crippen molar-refractivity contribution < 1.29 is 14.3 Å². The van der Waals surface area contributed by atoms with E-state index in [4.69, 9.17) is 9.47 Å². The van der Waals surface area contributed by atoms with Crippen molar-refractivity contribution in [2.24, 2.45) is 0 Å². The number of hydrogen-bond acceptors (Lipinski definition) is 3. The topological polar surface area (TPSA) is 35.5 Å². The molecule has 1 aromatic rings. The van der Waals surface area contributed by atoms with Gasteiger partial charge in [0.2, 0.25) is 0 Å². The van der Waals surface area contributed by atoms with Gasteiger partial charge in [-0.3, -0.25) is 4.79 Å². The van der Waals surface area contributed by atoms with E-state index in [0.717, 1.165) is 69.1 Å². The highest BCUT2D eigenvalue weighted by Crippen LogP contribution is 2.35. The quantitative estimate of drug-likeness (QED) is 0.380. The molecular weight excluding hydrogens is 312 g/mol. The monoisotopic (exact) mass is 346 g/mol. The van der Waals surface area contributed by atoms with Gasteiger partial charge in [-0.15, -0.1) is 0 Å². The molecule has 0 heterocycles. The van der Waals surface area contributed by atoms with Gasteiger partial charge in [-0.2, -0.15) is 0 Å². The van der Waals surface area contributed by atoms with Gasteiger partial charge in [-0.25, -0.2) is 0 Å². The van der Waals surface area contributed by atoms with Gasteiger partial charge in [-0.1, -0.05) is 64.2 Å². The van der Waals surface area contributed by atoms with E-state index in [2.05, 4.69) is 13.8 Å². The highest BCUT2D eigenvalue weighted by molar-refractivity contribution is 6.02. The molecular formula is C22H34O3. The van der Waals surface area contributed by atoms with Gasteiger partial charge in [-0.05, 0) is 37.3 Å². The van der Waals surface area contributed by atoms with E-state index in [0.29, 0.717) is 13.2 Å². The minimum absolute atomic E-state index is 0.165. The van der Waals surface area contributed by atoms with Gasteiger partial charge in [0, 0.05) is 18.8 Å². The van der Waals surface area contributed by atoms with Gasteiger partial charge in [0.05, 0.1) is 6.61 Å². The summed E-state index contributed by atoms with van der Waals surface area (Å²) in [7, 11) is 0. The van der Waals surface area contributed by atoms with E-state index in [1.165, 1.54) is 6.42 Å². The number of unbranched alkanes of at least 4 members (excludes halogenated alkanes) is 2. The molecule has 2 rings (SSSR count). The third kappa shape index (κ3) is 5.93. The average molecular weight is 347 g/mol. The summed E-state index contributed by atoms with van der Waals surface area (Å²) in [4.78, 5) is 13.3. The van der Waals surface area contributed by atoms with Crippen LogP contribution in [0.4, 0.5) is 0 Å². The highest BCUT2D eigenvalue weighted by Gasteiger charge is 2.40. The molecule has 1 fully saturated rings. The first-order chi connectivity index (χ1) is 12.2. The molecule has 0 unspecified atom stereocenters. The van der Waals surface area contributed by atoms with Crippen molar-refractivity contribution in [3.8, 4) is 0 Å². The molecule has 1 saturated carbocycles. The highest BCUT2D eigenvalue weighted by atomic mass is 16.5. The number of Topliss-reactive ketones (excluding diaryl/α,β-unsaturated/α-hetero) is 1. The van der Waals surface area contributed by atoms with Crippen LogP contribution in [0.25, 0.3) is 0 Å². The van der Waals surface area contributed by atoms with Crippen LogP contribution in [0.1, 0.15) is 87.6 Å². The average Bonchev–Trinajstić information content (AvgIpc) is 2.66. The maximum atomic E-state index is 13.3. The van der Waals surface area contributed by atoms with Crippen LogP contribution in [0.2, 0.25) is 0 Å². The lowest BCUT2D eigenvalue weighted by molar-refractivity contribution is -0.0471. The third-order valence-electron chi connectivity index (χ3n) is 5.05. The molecule has 0 amide bonds. The first-order valence-corrected chi connectivity index (χ1v) is 10.1. The predicted molar refractivity (Wildman–Crippen MR) is 102 cm³/mol. The van der Waals surface area contributed by atoms with Gasteiger partial charge >= 0.3 is 0 Å². The lowest BCUT2D eigenvalue weighted by Gasteiger charge is -2.36. The lowest BCUT2D eigenvalue weighted by atomic mass is 9.79. The van der Waals surface area contributed by atoms with E-state index >= 15 is 0 Å². The van der Waals surface area contributed by atoms with Gasteiger partial charge in [0.25, 0.3) is 0 Å². The lowest BCUT2D eigenvalue weighted by Crippen LogP contribution is -2.43. The number of ketones is 1. The van der Waals surface area contributed by atoms with Gasteiger partial charge in [0.1, 0.15) is 5.60 Å². The molecule has 0 radical (unpaired) electrons. The van der Waals surface area contributed by atoms with Crippen LogP contribution in [0.15, 0.2) is 24.3 Å². The summed E-state index contributed by atoms with van der Waals surface area (Å²) in [5.41, 5.74) is 1.24. The zero-order chi connectivity index (χ0) is 18.0. The Morgan fingerprint density at radius 3 is 2.48 bits per heavy atom.